The van der Waals surface area contributed by atoms with Crippen LogP contribution in [-0.4, -0.2) is 115 Å². The number of amides is 3. The van der Waals surface area contributed by atoms with Gasteiger partial charge in [-0.1, -0.05) is 64.1 Å². The molecule has 6 aromatic rings. The van der Waals surface area contributed by atoms with Crippen LogP contribution in [0.2, 0.25) is 0 Å². The first-order valence-corrected chi connectivity index (χ1v) is 22.8. The summed E-state index contributed by atoms with van der Waals surface area (Å²) < 4.78 is 95.2. The van der Waals surface area contributed by atoms with Gasteiger partial charge in [-0.25, -0.2) is 36.7 Å². The van der Waals surface area contributed by atoms with Crippen molar-refractivity contribution in [2.75, 3.05) is 27.3 Å². The van der Waals surface area contributed by atoms with Crippen molar-refractivity contribution >= 4 is 28.8 Å². The average molecular weight is 974 g/mol. The van der Waals surface area contributed by atoms with Crippen LogP contribution in [0.3, 0.4) is 0 Å². The van der Waals surface area contributed by atoms with Gasteiger partial charge in [0.05, 0.1) is 78.9 Å². The summed E-state index contributed by atoms with van der Waals surface area (Å²) in [6.45, 7) is 5.05. The highest BCUT2D eigenvalue weighted by Gasteiger charge is 2.52. The minimum atomic E-state index is -3.24. The van der Waals surface area contributed by atoms with E-state index in [1.807, 2.05) is 53.1 Å². The molecule has 3 aromatic carbocycles. The maximum Gasteiger partial charge on any atom is 0.407 e. The van der Waals surface area contributed by atoms with Gasteiger partial charge in [0.25, 0.3) is 11.8 Å². The molecule has 0 spiro atoms. The number of aliphatic hydroxyl groups excluding tert-OH is 1. The highest BCUT2D eigenvalue weighted by Crippen LogP contribution is 2.48. The molecular weight excluding hydrogens is 922 g/mol. The number of nitrogens with one attached hydrogen (secondary N) is 4. The molecule has 0 radical (unpaired) electrons. The number of alkyl halides is 4. The number of carbonyl (C=O) groups excluding carboxylic acids is 3. The molecule has 6 heterocycles. The number of carbonyl (C=O) groups is 3. The third-order valence-corrected chi connectivity index (χ3v) is 13.1. The molecule has 3 amide bonds. The summed E-state index contributed by atoms with van der Waals surface area (Å²) in [4.78, 5) is 56.7. The summed E-state index contributed by atoms with van der Waals surface area (Å²) in [7, 11) is 2.38. The van der Waals surface area contributed by atoms with Gasteiger partial charge in [-0.3, -0.25) is 14.9 Å². The van der Waals surface area contributed by atoms with Gasteiger partial charge in [-0.2, -0.15) is 0 Å². The molecule has 6 atom stereocenters. The SMILES string of the molecule is COC(=O)NC(C(=O)N1CC(F)(F)CC1c1ncc(-c2ccc3c(c2)cc2n3C(c3ccccc3)Oc3cc(-c4cnc(C5CC(F)(F)CN5C(=O)C(NC(O)OC)C(C)C)[nH]4)cc(F)c3-2)[nH]1)C(C)C. The molecule has 370 valence electrons. The molecule has 16 nitrogen and oxygen atoms in total. The smallest absolute Gasteiger partial charge is 0.407 e. The van der Waals surface area contributed by atoms with Crippen molar-refractivity contribution in [2.24, 2.45) is 11.8 Å². The number of aliphatic hydroxyl groups is 1. The first-order valence-electron chi connectivity index (χ1n) is 22.8. The number of H-pyrrole nitrogens is 2. The van der Waals surface area contributed by atoms with Crippen molar-refractivity contribution < 1.29 is 55.7 Å². The number of halogens is 5. The number of benzene rings is 3. The number of imidazole rings is 2. The number of alkyl carbamates (subject to hydrolysis) is 1. The van der Waals surface area contributed by atoms with Crippen LogP contribution in [0.15, 0.2) is 79.1 Å². The fourth-order valence-electron chi connectivity index (χ4n) is 9.65. The number of rotatable bonds is 13. The first-order chi connectivity index (χ1) is 33.3. The Labute approximate surface area is 398 Å². The summed E-state index contributed by atoms with van der Waals surface area (Å²) in [5.41, 5.74) is 3.75. The Morgan fingerprint density at radius 2 is 1.39 bits per heavy atom. The predicted octanol–water partition coefficient (Wildman–Crippen LogP) is 7.90. The highest BCUT2D eigenvalue weighted by molar-refractivity contribution is 5.93. The normalized spacial score (nSPS) is 20.6. The number of fused-ring (bicyclic) bond motifs is 5. The summed E-state index contributed by atoms with van der Waals surface area (Å²) in [5.74, 6) is -8.94. The molecule has 3 aromatic heterocycles. The summed E-state index contributed by atoms with van der Waals surface area (Å²) in [5, 5.41) is 15.9. The van der Waals surface area contributed by atoms with E-state index in [4.69, 9.17) is 9.47 Å². The molecule has 2 saturated heterocycles. The number of aromatic amines is 2. The van der Waals surface area contributed by atoms with Crippen molar-refractivity contribution in [1.29, 1.82) is 0 Å². The van der Waals surface area contributed by atoms with Crippen LogP contribution in [0.4, 0.5) is 26.7 Å². The lowest BCUT2D eigenvalue weighted by atomic mass is 10.0. The molecule has 0 aliphatic carbocycles. The summed E-state index contributed by atoms with van der Waals surface area (Å²) in [6, 6.07) is 15.1. The molecule has 5 N–H and O–H groups in total. The molecule has 70 heavy (non-hydrogen) atoms. The fraction of sp³-hybridized carbons (Fsp3) is 0.408. The molecular formula is C49H52F5N9O7. The van der Waals surface area contributed by atoms with Gasteiger partial charge in [0.15, 0.2) is 0 Å². The largest absolute Gasteiger partial charge is 0.465 e. The molecule has 3 aliphatic heterocycles. The van der Waals surface area contributed by atoms with Crippen LogP contribution in [0.5, 0.6) is 5.75 Å². The van der Waals surface area contributed by atoms with Gasteiger partial charge in [0.1, 0.15) is 29.3 Å². The number of likely N-dealkylation sites (tertiary alicyclic amines) is 2. The third kappa shape index (κ3) is 9.08. The topological polar surface area (TPSA) is 192 Å². The van der Waals surface area contributed by atoms with Crippen molar-refractivity contribution in [2.45, 2.75) is 89.2 Å². The minimum absolute atomic E-state index is 0.0662. The van der Waals surface area contributed by atoms with E-state index in [1.54, 1.807) is 39.8 Å². The van der Waals surface area contributed by atoms with Gasteiger partial charge in [-0.05, 0) is 42.2 Å². The Morgan fingerprint density at radius 1 is 0.800 bits per heavy atom. The monoisotopic (exact) mass is 973 g/mol. The molecule has 2 fully saturated rings. The van der Waals surface area contributed by atoms with Crippen molar-refractivity contribution in [3.63, 3.8) is 0 Å². The number of methoxy groups -OCH3 is 2. The molecule has 21 heteroatoms. The molecule has 9 rings (SSSR count). The van der Waals surface area contributed by atoms with Crippen molar-refractivity contribution in [3.05, 3.63) is 102 Å². The van der Waals surface area contributed by atoms with E-state index in [0.717, 1.165) is 22.5 Å². The maximum atomic E-state index is 16.8. The zero-order valence-electron chi connectivity index (χ0n) is 39.0. The van der Waals surface area contributed by atoms with Gasteiger partial charge in [-0.15, -0.1) is 0 Å². The van der Waals surface area contributed by atoms with Gasteiger partial charge >= 0.3 is 6.09 Å². The summed E-state index contributed by atoms with van der Waals surface area (Å²) >= 11 is 0. The second kappa shape index (κ2) is 18.5. The van der Waals surface area contributed by atoms with E-state index in [-0.39, 0.29) is 28.7 Å². The van der Waals surface area contributed by atoms with E-state index >= 15 is 22.0 Å². The Hall–Kier alpha value is -6.84. The van der Waals surface area contributed by atoms with E-state index < -0.39 is 110 Å². The zero-order valence-corrected chi connectivity index (χ0v) is 39.0. The van der Waals surface area contributed by atoms with Crippen molar-refractivity contribution in [3.8, 4) is 39.5 Å². The lowest BCUT2D eigenvalue weighted by Gasteiger charge is -2.31. The molecule has 3 aliphatic rings. The van der Waals surface area contributed by atoms with Crippen LogP contribution in [0.1, 0.15) is 76.1 Å². The van der Waals surface area contributed by atoms with Gasteiger partial charge < -0.3 is 49.0 Å². The third-order valence-electron chi connectivity index (χ3n) is 13.1. The Balaban J connectivity index is 1.04. The number of ether oxygens (including phenoxy) is 3. The molecule has 0 bridgehead atoms. The van der Waals surface area contributed by atoms with Gasteiger partial charge in [0, 0.05) is 42.0 Å². The number of hydrogen-bond donors (Lipinski definition) is 5. The first kappa shape index (κ1) is 48.2. The second-order valence-corrected chi connectivity index (χ2v) is 18.7. The van der Waals surface area contributed by atoms with E-state index in [2.05, 4.69) is 35.3 Å². The predicted molar refractivity (Wildman–Crippen MR) is 245 cm³/mol. The van der Waals surface area contributed by atoms with E-state index in [1.165, 1.54) is 25.6 Å². The molecule has 6 unspecified atom stereocenters. The van der Waals surface area contributed by atoms with Crippen LogP contribution in [0.25, 0.3) is 44.7 Å². The quantitative estimate of drug-likeness (QED) is 0.0562. The Kier molecular flexibility index (Phi) is 12.7. The Bertz CT molecular complexity index is 2940. The maximum absolute atomic E-state index is 16.8. The highest BCUT2D eigenvalue weighted by atomic mass is 19.3. The molecule has 0 saturated carbocycles. The van der Waals surface area contributed by atoms with Crippen LogP contribution >= 0.6 is 0 Å². The van der Waals surface area contributed by atoms with Crippen LogP contribution in [-0.2, 0) is 19.1 Å². The zero-order chi connectivity index (χ0) is 50.0. The Morgan fingerprint density at radius 3 is 1.96 bits per heavy atom. The number of nitrogens with zero attached hydrogens (tertiary/aromatic N) is 5. The standard InChI is InChI=1S/C49H52F5N9O7/c1-24(2)39(59-46(66)68-5)43(64)61-22-48(51,52)18-35(61)41-55-20-31(57-41)27-12-13-33-29(14-27)16-34-38-30(50)15-28(17-37(38)70-45(63(33)34)26-10-8-7-9-11-26)32-21-56-42(58-32)36-19-49(53,54)23-62(36)44(65)40(25(3)4)60-47(67)69-6/h7-17,20-21,24-25,35-36,39-40,45,47,60,67H,18-19,22-23H2,1-6H3,(H,55,57)(H,56,58)(H,59,66). The number of hydrogen-bond acceptors (Lipinski definition) is 10. The second-order valence-electron chi connectivity index (χ2n) is 18.7. The van der Waals surface area contributed by atoms with Crippen molar-refractivity contribution in [1.82, 2.24) is 44.9 Å². The van der Waals surface area contributed by atoms with Crippen LogP contribution < -0.4 is 15.4 Å². The van der Waals surface area contributed by atoms with E-state index in [0.29, 0.717) is 33.4 Å². The van der Waals surface area contributed by atoms with E-state index in [9.17, 15) is 19.5 Å². The fourth-order valence-corrected chi connectivity index (χ4v) is 9.65. The van der Waals surface area contributed by atoms with Crippen LogP contribution in [0, 0.1) is 17.7 Å². The lowest BCUT2D eigenvalue weighted by molar-refractivity contribution is -0.146. The minimum Gasteiger partial charge on any atom is -0.465 e. The average Bonchev–Trinajstić information content (AvgIpc) is 4.18. The van der Waals surface area contributed by atoms with Gasteiger partial charge in [0.2, 0.25) is 24.5 Å². The number of aromatic nitrogens is 5. The summed E-state index contributed by atoms with van der Waals surface area (Å²) in [6.07, 6.45) is -1.68. The lowest BCUT2D eigenvalue weighted by Crippen LogP contribution is -2.53.